The molecule has 1 aromatic carbocycles. The molecule has 2 rings (SSSR count). The molecule has 3 atom stereocenters. The second-order valence-corrected chi connectivity index (χ2v) is 5.87. The molecular weight excluding hydrogens is 288 g/mol. The van der Waals surface area contributed by atoms with Crippen LogP contribution in [0.2, 0.25) is 0 Å². The Morgan fingerprint density at radius 3 is 3.00 bits per heavy atom. The van der Waals surface area contributed by atoms with Gasteiger partial charge < -0.3 is 5.32 Å². The Morgan fingerprint density at radius 1 is 1.50 bits per heavy atom. The van der Waals surface area contributed by atoms with Crippen molar-refractivity contribution in [3.63, 3.8) is 0 Å². The van der Waals surface area contributed by atoms with Gasteiger partial charge in [-0.05, 0) is 37.0 Å². The van der Waals surface area contributed by atoms with Gasteiger partial charge in [0.2, 0.25) is 0 Å². The average molecular weight is 307 g/mol. The van der Waals surface area contributed by atoms with Crippen molar-refractivity contribution in [3.05, 3.63) is 34.3 Å². The van der Waals surface area contributed by atoms with Crippen LogP contribution in [0.15, 0.2) is 28.7 Å². The highest BCUT2D eigenvalue weighted by Gasteiger charge is 2.28. The van der Waals surface area contributed by atoms with E-state index < -0.39 is 0 Å². The predicted octanol–water partition coefficient (Wildman–Crippen LogP) is 4.18. The molecule has 0 saturated heterocycles. The van der Waals surface area contributed by atoms with E-state index in [1.165, 1.54) is 12.0 Å². The first kappa shape index (κ1) is 13.6. The van der Waals surface area contributed by atoms with E-state index in [-0.39, 0.29) is 5.92 Å². The number of rotatable bonds is 4. The van der Waals surface area contributed by atoms with Crippen molar-refractivity contribution < 1.29 is 0 Å². The minimum atomic E-state index is 0.186. The van der Waals surface area contributed by atoms with E-state index in [1.807, 2.05) is 6.07 Å². The lowest BCUT2D eigenvalue weighted by Gasteiger charge is -2.24. The van der Waals surface area contributed by atoms with Crippen molar-refractivity contribution in [2.45, 2.75) is 44.7 Å². The van der Waals surface area contributed by atoms with Gasteiger partial charge in [0.1, 0.15) is 0 Å². The molecule has 0 amide bonds. The van der Waals surface area contributed by atoms with Crippen molar-refractivity contribution in [2.24, 2.45) is 5.92 Å². The number of hydrogen-bond acceptors (Lipinski definition) is 2. The summed E-state index contributed by atoms with van der Waals surface area (Å²) in [7, 11) is 0. The molecule has 1 fully saturated rings. The number of hydrogen-bond donors (Lipinski definition) is 1. The first-order valence-corrected chi connectivity index (χ1v) is 7.45. The zero-order chi connectivity index (χ0) is 13.0. The van der Waals surface area contributed by atoms with Crippen LogP contribution in [0, 0.1) is 17.2 Å². The molecule has 0 spiro atoms. The lowest BCUT2D eigenvalue weighted by Crippen LogP contribution is -2.34. The summed E-state index contributed by atoms with van der Waals surface area (Å²) in [5.41, 5.74) is 1.30. The van der Waals surface area contributed by atoms with Crippen LogP contribution in [0.3, 0.4) is 0 Å². The lowest BCUT2D eigenvalue weighted by molar-refractivity contribution is 0.394. The molecule has 0 bridgehead atoms. The summed E-state index contributed by atoms with van der Waals surface area (Å²) in [5, 5.41) is 12.8. The quantitative estimate of drug-likeness (QED) is 0.905. The van der Waals surface area contributed by atoms with Crippen LogP contribution in [0.1, 0.15) is 44.2 Å². The molecule has 3 unspecified atom stereocenters. The molecule has 3 heteroatoms. The van der Waals surface area contributed by atoms with Gasteiger partial charge in [-0.1, -0.05) is 41.4 Å². The molecule has 1 N–H and O–H groups in total. The fourth-order valence-corrected chi connectivity index (χ4v) is 3.16. The monoisotopic (exact) mass is 306 g/mol. The molecular formula is C15H19BrN2. The molecule has 0 aliphatic heterocycles. The van der Waals surface area contributed by atoms with Crippen molar-refractivity contribution in [1.82, 2.24) is 5.32 Å². The Kier molecular flexibility index (Phi) is 4.79. The second-order valence-electron chi connectivity index (χ2n) is 4.96. The van der Waals surface area contributed by atoms with Gasteiger partial charge in [-0.15, -0.1) is 0 Å². The second kappa shape index (κ2) is 6.36. The van der Waals surface area contributed by atoms with E-state index in [0.717, 1.165) is 23.7 Å². The Labute approximate surface area is 118 Å². The van der Waals surface area contributed by atoms with Gasteiger partial charge in [0.25, 0.3) is 0 Å². The highest BCUT2D eigenvalue weighted by Crippen LogP contribution is 2.29. The molecule has 18 heavy (non-hydrogen) atoms. The largest absolute Gasteiger partial charge is 0.306 e. The maximum Gasteiger partial charge on any atom is 0.0672 e. The molecule has 0 heterocycles. The third-order valence-corrected chi connectivity index (χ3v) is 4.25. The molecule has 1 saturated carbocycles. The Morgan fingerprint density at radius 2 is 2.33 bits per heavy atom. The molecule has 0 aromatic heterocycles. The zero-order valence-corrected chi connectivity index (χ0v) is 12.3. The van der Waals surface area contributed by atoms with Crippen molar-refractivity contribution in [1.29, 1.82) is 5.26 Å². The summed E-state index contributed by atoms with van der Waals surface area (Å²) in [4.78, 5) is 0. The van der Waals surface area contributed by atoms with Gasteiger partial charge in [0, 0.05) is 16.6 Å². The zero-order valence-electron chi connectivity index (χ0n) is 10.7. The van der Waals surface area contributed by atoms with Crippen molar-refractivity contribution >= 4 is 15.9 Å². The summed E-state index contributed by atoms with van der Waals surface area (Å²) >= 11 is 3.52. The maximum absolute atomic E-state index is 9.14. The summed E-state index contributed by atoms with van der Waals surface area (Å²) in [6.07, 6.45) is 4.39. The highest BCUT2D eigenvalue weighted by atomic mass is 79.9. The molecule has 2 nitrogen and oxygen atoms in total. The third kappa shape index (κ3) is 3.13. The lowest BCUT2D eigenvalue weighted by atomic mass is 10.00. The van der Waals surface area contributed by atoms with Crippen molar-refractivity contribution in [3.8, 4) is 6.07 Å². The topological polar surface area (TPSA) is 35.8 Å². The number of nitrogens with one attached hydrogen (secondary N) is 1. The summed E-state index contributed by atoms with van der Waals surface area (Å²) in [5.74, 6) is 0.186. The predicted molar refractivity (Wildman–Crippen MR) is 77.1 cm³/mol. The molecule has 1 aromatic rings. The van der Waals surface area contributed by atoms with E-state index in [1.54, 1.807) is 0 Å². The van der Waals surface area contributed by atoms with Crippen LogP contribution in [-0.2, 0) is 0 Å². The van der Waals surface area contributed by atoms with Gasteiger partial charge in [0.15, 0.2) is 0 Å². The fourth-order valence-electron chi connectivity index (χ4n) is 2.75. The van der Waals surface area contributed by atoms with E-state index in [2.05, 4.69) is 52.4 Å². The van der Waals surface area contributed by atoms with Crippen molar-refractivity contribution in [2.75, 3.05) is 0 Å². The Hall–Kier alpha value is -0.850. The number of benzene rings is 1. The summed E-state index contributed by atoms with van der Waals surface area (Å²) in [6, 6.07) is 11.6. The van der Waals surface area contributed by atoms with E-state index >= 15 is 0 Å². The molecule has 1 aliphatic carbocycles. The molecule has 0 radical (unpaired) electrons. The van der Waals surface area contributed by atoms with Crippen LogP contribution < -0.4 is 5.32 Å². The minimum absolute atomic E-state index is 0.186. The smallest absolute Gasteiger partial charge is 0.0672 e. The highest BCUT2D eigenvalue weighted by molar-refractivity contribution is 9.10. The fraction of sp³-hybridized carbons (Fsp3) is 0.533. The van der Waals surface area contributed by atoms with Gasteiger partial charge in [-0.25, -0.2) is 0 Å². The first-order valence-electron chi connectivity index (χ1n) is 6.65. The van der Waals surface area contributed by atoms with Crippen LogP contribution in [0.25, 0.3) is 0 Å². The average Bonchev–Trinajstić information content (AvgIpc) is 2.83. The molecule has 1 aliphatic rings. The van der Waals surface area contributed by atoms with Gasteiger partial charge >= 0.3 is 0 Å². The number of nitrogens with zero attached hydrogens (tertiary/aromatic N) is 1. The van der Waals surface area contributed by atoms with Gasteiger partial charge in [0.05, 0.1) is 12.0 Å². The standard InChI is InChI=1S/C15H19BrN2/c1-2-14(11-5-3-7-13(16)9-11)18-15-8-4-6-12(15)10-17/h3,5,7,9,12,14-15,18H,2,4,6,8H2,1H3. The Bertz CT molecular complexity index is 438. The van der Waals surface area contributed by atoms with Crippen LogP contribution in [-0.4, -0.2) is 6.04 Å². The summed E-state index contributed by atoms with van der Waals surface area (Å²) in [6.45, 7) is 2.19. The van der Waals surface area contributed by atoms with E-state index in [0.29, 0.717) is 12.1 Å². The van der Waals surface area contributed by atoms with Gasteiger partial charge in [-0.3, -0.25) is 0 Å². The van der Waals surface area contributed by atoms with Crippen LogP contribution in [0.5, 0.6) is 0 Å². The van der Waals surface area contributed by atoms with E-state index in [9.17, 15) is 0 Å². The van der Waals surface area contributed by atoms with Crippen LogP contribution in [0.4, 0.5) is 0 Å². The minimum Gasteiger partial charge on any atom is -0.306 e. The van der Waals surface area contributed by atoms with E-state index in [4.69, 9.17) is 5.26 Å². The SMILES string of the molecule is CCC(NC1CCCC1C#N)c1cccc(Br)c1. The number of halogens is 1. The van der Waals surface area contributed by atoms with Crippen LogP contribution >= 0.6 is 15.9 Å². The maximum atomic E-state index is 9.14. The normalized spacial score (nSPS) is 24.7. The number of nitriles is 1. The Balaban J connectivity index is 2.08. The van der Waals surface area contributed by atoms with Gasteiger partial charge in [-0.2, -0.15) is 5.26 Å². The third-order valence-electron chi connectivity index (χ3n) is 3.76. The first-order chi connectivity index (χ1) is 8.74. The summed E-state index contributed by atoms with van der Waals surface area (Å²) < 4.78 is 1.11. The molecule has 96 valence electrons.